The molecule has 4 heteroatoms. The maximum absolute atomic E-state index is 9.34. The summed E-state index contributed by atoms with van der Waals surface area (Å²) in [6, 6.07) is 1.97. The Labute approximate surface area is 102 Å². The first-order valence-corrected chi connectivity index (χ1v) is 6.02. The number of pyridine rings is 1. The van der Waals surface area contributed by atoms with Crippen molar-refractivity contribution in [3.8, 4) is 0 Å². The van der Waals surface area contributed by atoms with Gasteiger partial charge in [0.15, 0.2) is 0 Å². The van der Waals surface area contributed by atoms with Gasteiger partial charge in [0.2, 0.25) is 0 Å². The van der Waals surface area contributed by atoms with Gasteiger partial charge in [-0.2, -0.15) is 0 Å². The molecule has 1 aromatic heterocycles. The number of rotatable bonds is 3. The highest BCUT2D eigenvalue weighted by atomic mass is 16.5. The number of piperidine rings is 1. The molecular formula is C13H20N2O2. The van der Waals surface area contributed by atoms with Crippen molar-refractivity contribution in [2.24, 2.45) is 0 Å². The topological polar surface area (TPSA) is 45.6 Å². The summed E-state index contributed by atoms with van der Waals surface area (Å²) in [6.07, 6.45) is 5.69. The van der Waals surface area contributed by atoms with E-state index in [9.17, 15) is 5.11 Å². The number of hydrogen-bond donors (Lipinski definition) is 1. The Balaban J connectivity index is 2.22. The molecule has 2 heterocycles. The molecule has 1 fully saturated rings. The molecule has 1 N–H and O–H groups in total. The second-order valence-corrected chi connectivity index (χ2v) is 4.84. The summed E-state index contributed by atoms with van der Waals surface area (Å²) < 4.78 is 5.58. The van der Waals surface area contributed by atoms with Gasteiger partial charge in [0.25, 0.3) is 0 Å². The van der Waals surface area contributed by atoms with Gasteiger partial charge < -0.3 is 14.7 Å². The van der Waals surface area contributed by atoms with Gasteiger partial charge in [-0.1, -0.05) is 0 Å². The molecule has 1 aromatic rings. The molecule has 1 aliphatic heterocycles. The van der Waals surface area contributed by atoms with E-state index in [-0.39, 0.29) is 12.2 Å². The van der Waals surface area contributed by atoms with Gasteiger partial charge in [0.1, 0.15) is 0 Å². The van der Waals surface area contributed by atoms with Crippen LogP contribution in [0, 0.1) is 0 Å². The number of aliphatic hydroxyl groups excluding tert-OH is 1. The van der Waals surface area contributed by atoms with Crippen LogP contribution in [0.5, 0.6) is 0 Å². The molecule has 0 radical (unpaired) electrons. The second-order valence-electron chi connectivity index (χ2n) is 4.84. The predicted molar refractivity (Wildman–Crippen MR) is 67.0 cm³/mol. The fraction of sp³-hybridized carbons (Fsp3) is 0.615. The second kappa shape index (κ2) is 5.02. The van der Waals surface area contributed by atoms with E-state index in [2.05, 4.69) is 16.8 Å². The first-order valence-electron chi connectivity index (χ1n) is 6.02. The molecular weight excluding hydrogens is 216 g/mol. The number of hydrogen-bond acceptors (Lipinski definition) is 4. The third kappa shape index (κ3) is 2.58. The van der Waals surface area contributed by atoms with Gasteiger partial charge in [-0.15, -0.1) is 0 Å². The van der Waals surface area contributed by atoms with Crippen LogP contribution in [0.2, 0.25) is 0 Å². The first kappa shape index (κ1) is 12.3. The minimum absolute atomic E-state index is 0.0311. The van der Waals surface area contributed by atoms with Crippen LogP contribution in [0.4, 0.5) is 5.69 Å². The lowest BCUT2D eigenvalue weighted by Crippen LogP contribution is -2.47. The standard InChI is InChI=1S/C13H20N2O2/c1-13(17-2)5-3-7-15(10-13)12-4-6-14-8-11(12)9-16/h4,6,8,16H,3,5,7,9-10H2,1-2H3. The number of aliphatic hydroxyl groups is 1. The number of ether oxygens (including phenoxy) is 1. The van der Waals surface area contributed by atoms with E-state index < -0.39 is 0 Å². The number of methoxy groups -OCH3 is 1. The van der Waals surface area contributed by atoms with Crippen molar-refractivity contribution in [3.05, 3.63) is 24.0 Å². The predicted octanol–water partition coefficient (Wildman–Crippen LogP) is 1.58. The average Bonchev–Trinajstić information content (AvgIpc) is 2.39. The first-order chi connectivity index (χ1) is 8.18. The van der Waals surface area contributed by atoms with Crippen molar-refractivity contribution in [2.75, 3.05) is 25.1 Å². The molecule has 1 atom stereocenters. The van der Waals surface area contributed by atoms with Crippen LogP contribution < -0.4 is 4.90 Å². The Morgan fingerprint density at radius 3 is 3.12 bits per heavy atom. The van der Waals surface area contributed by atoms with Crippen molar-refractivity contribution in [1.82, 2.24) is 4.98 Å². The fourth-order valence-corrected chi connectivity index (χ4v) is 2.43. The van der Waals surface area contributed by atoms with Crippen LogP contribution in [0.15, 0.2) is 18.5 Å². The third-order valence-electron chi connectivity index (χ3n) is 3.54. The molecule has 0 saturated carbocycles. The van der Waals surface area contributed by atoms with Gasteiger partial charge in [-0.25, -0.2) is 0 Å². The Hall–Kier alpha value is -1.13. The Bertz CT molecular complexity index is 383. The molecule has 1 aliphatic rings. The van der Waals surface area contributed by atoms with E-state index in [0.29, 0.717) is 0 Å². The lowest BCUT2D eigenvalue weighted by atomic mass is 9.94. The molecule has 0 bridgehead atoms. The van der Waals surface area contributed by atoms with Gasteiger partial charge in [-0.3, -0.25) is 4.98 Å². The fourth-order valence-electron chi connectivity index (χ4n) is 2.43. The van der Waals surface area contributed by atoms with E-state index in [0.717, 1.165) is 37.2 Å². The Morgan fingerprint density at radius 1 is 1.59 bits per heavy atom. The highest BCUT2D eigenvalue weighted by molar-refractivity contribution is 5.52. The molecule has 0 spiro atoms. The SMILES string of the molecule is COC1(C)CCCN(c2ccncc2CO)C1. The van der Waals surface area contributed by atoms with E-state index in [1.165, 1.54) is 0 Å². The van der Waals surface area contributed by atoms with Gasteiger partial charge >= 0.3 is 0 Å². The Kier molecular flexibility index (Phi) is 3.64. The number of aromatic nitrogens is 1. The van der Waals surface area contributed by atoms with E-state index in [1.54, 1.807) is 19.5 Å². The van der Waals surface area contributed by atoms with Crippen molar-refractivity contribution in [3.63, 3.8) is 0 Å². The lowest BCUT2D eigenvalue weighted by Gasteiger charge is -2.41. The van der Waals surface area contributed by atoms with E-state index in [1.807, 2.05) is 6.07 Å². The summed E-state index contributed by atoms with van der Waals surface area (Å²) in [5.74, 6) is 0. The van der Waals surface area contributed by atoms with E-state index >= 15 is 0 Å². The molecule has 0 aromatic carbocycles. The smallest absolute Gasteiger partial charge is 0.0825 e. The summed E-state index contributed by atoms with van der Waals surface area (Å²) in [5.41, 5.74) is 1.87. The molecule has 17 heavy (non-hydrogen) atoms. The van der Waals surface area contributed by atoms with E-state index in [4.69, 9.17) is 4.74 Å². The van der Waals surface area contributed by atoms with Gasteiger partial charge in [0, 0.05) is 43.8 Å². The largest absolute Gasteiger partial charge is 0.392 e. The summed E-state index contributed by atoms with van der Waals surface area (Å²) in [6.45, 7) is 4.04. The summed E-state index contributed by atoms with van der Waals surface area (Å²) in [5, 5.41) is 9.34. The van der Waals surface area contributed by atoms with Crippen molar-refractivity contribution < 1.29 is 9.84 Å². The zero-order chi connectivity index (χ0) is 12.3. The maximum Gasteiger partial charge on any atom is 0.0825 e. The lowest BCUT2D eigenvalue weighted by molar-refractivity contribution is -0.00472. The third-order valence-corrected chi connectivity index (χ3v) is 3.54. The average molecular weight is 236 g/mol. The van der Waals surface area contributed by atoms with Crippen LogP contribution in [-0.2, 0) is 11.3 Å². The van der Waals surface area contributed by atoms with Crippen LogP contribution in [0.25, 0.3) is 0 Å². The van der Waals surface area contributed by atoms with Crippen molar-refractivity contribution in [2.45, 2.75) is 32.0 Å². The number of anilines is 1. The summed E-state index contributed by atoms with van der Waals surface area (Å²) in [7, 11) is 1.77. The zero-order valence-corrected chi connectivity index (χ0v) is 10.5. The van der Waals surface area contributed by atoms with Crippen molar-refractivity contribution in [1.29, 1.82) is 0 Å². The minimum atomic E-state index is -0.0890. The molecule has 1 saturated heterocycles. The van der Waals surface area contributed by atoms with Crippen LogP contribution in [0.3, 0.4) is 0 Å². The molecule has 2 rings (SSSR count). The maximum atomic E-state index is 9.34. The monoisotopic (exact) mass is 236 g/mol. The molecule has 0 aliphatic carbocycles. The highest BCUT2D eigenvalue weighted by Gasteiger charge is 2.31. The normalized spacial score (nSPS) is 25.0. The van der Waals surface area contributed by atoms with Crippen LogP contribution >= 0.6 is 0 Å². The van der Waals surface area contributed by atoms with Gasteiger partial charge in [-0.05, 0) is 25.8 Å². The molecule has 0 amide bonds. The van der Waals surface area contributed by atoms with Gasteiger partial charge in [0.05, 0.1) is 12.2 Å². The summed E-state index contributed by atoms with van der Waals surface area (Å²) >= 11 is 0. The minimum Gasteiger partial charge on any atom is -0.392 e. The number of nitrogens with zero attached hydrogens (tertiary/aromatic N) is 2. The molecule has 1 unspecified atom stereocenters. The van der Waals surface area contributed by atoms with Crippen LogP contribution in [0.1, 0.15) is 25.3 Å². The zero-order valence-electron chi connectivity index (χ0n) is 10.5. The molecule has 94 valence electrons. The molecule has 4 nitrogen and oxygen atoms in total. The van der Waals surface area contributed by atoms with Crippen LogP contribution in [-0.4, -0.2) is 35.9 Å². The van der Waals surface area contributed by atoms with Crippen molar-refractivity contribution >= 4 is 5.69 Å². The summed E-state index contributed by atoms with van der Waals surface area (Å²) in [4.78, 5) is 6.33. The highest BCUT2D eigenvalue weighted by Crippen LogP contribution is 2.29. The quantitative estimate of drug-likeness (QED) is 0.865. The Morgan fingerprint density at radius 2 is 2.41 bits per heavy atom.